The molecule has 0 aliphatic carbocycles. The number of aliphatic hydroxyl groups excluding tert-OH is 1. The third-order valence-electron chi connectivity index (χ3n) is 3.99. The maximum Gasteiger partial charge on any atom is 0.232 e. The fourth-order valence-electron chi connectivity index (χ4n) is 2.80. The average Bonchev–Trinajstić information content (AvgIpc) is 3.03. The number of benzene rings is 1. The van der Waals surface area contributed by atoms with Crippen LogP contribution >= 0.6 is 23.2 Å². The molecule has 0 saturated heterocycles. The average molecular weight is 432 g/mol. The summed E-state index contributed by atoms with van der Waals surface area (Å²) in [6.45, 7) is 1.70. The molecule has 1 unspecified atom stereocenters. The van der Waals surface area contributed by atoms with E-state index < -0.39 is 21.9 Å². The summed E-state index contributed by atoms with van der Waals surface area (Å²) in [5.41, 5.74) is 0.158. The molecule has 3 aromatic rings. The topological polar surface area (TPSA) is 95.1 Å². The monoisotopic (exact) mass is 431 g/mol. The van der Waals surface area contributed by atoms with Crippen molar-refractivity contribution in [3.8, 4) is 0 Å². The van der Waals surface area contributed by atoms with Gasteiger partial charge in [0.1, 0.15) is 11.8 Å². The number of pyridine rings is 1. The minimum absolute atomic E-state index is 0.0483. The zero-order chi connectivity index (χ0) is 19.8. The summed E-state index contributed by atoms with van der Waals surface area (Å²) in [6.07, 6.45) is 1.84. The van der Waals surface area contributed by atoms with Gasteiger partial charge in [-0.15, -0.1) is 0 Å². The van der Waals surface area contributed by atoms with Crippen molar-refractivity contribution in [3.05, 3.63) is 57.6 Å². The number of aromatic amines is 1. The number of rotatable bonds is 6. The van der Waals surface area contributed by atoms with Gasteiger partial charge < -0.3 is 10.1 Å². The summed E-state index contributed by atoms with van der Waals surface area (Å²) in [4.78, 5) is 6.96. The van der Waals surface area contributed by atoms with E-state index in [-0.39, 0.29) is 27.6 Å². The quantitative estimate of drug-likeness (QED) is 0.543. The fourth-order valence-corrected chi connectivity index (χ4v) is 4.43. The maximum absolute atomic E-state index is 15.0. The molecule has 0 fully saturated rings. The Balaban J connectivity index is 2.09. The normalized spacial score (nSPS) is 13.1. The first kappa shape index (κ1) is 19.9. The standard InChI is InChI=1S/C17H16Cl2FN3O3S/c1-2-7-27(25,26)23-12-4-3-10(18)14(15(12)20)16(24)9-8-22-17-13(9)11(19)5-6-21-17/h3-6,8,16,23-24H,2,7H2,1H3,(H,21,22). The summed E-state index contributed by atoms with van der Waals surface area (Å²) < 4.78 is 41.1. The van der Waals surface area contributed by atoms with E-state index in [2.05, 4.69) is 14.7 Å². The lowest BCUT2D eigenvalue weighted by Gasteiger charge is -2.17. The Morgan fingerprint density at radius 3 is 2.74 bits per heavy atom. The molecule has 0 aliphatic heterocycles. The highest BCUT2D eigenvalue weighted by atomic mass is 35.5. The zero-order valence-electron chi connectivity index (χ0n) is 14.1. The molecule has 1 aromatic carbocycles. The minimum Gasteiger partial charge on any atom is -0.383 e. The Kier molecular flexibility index (Phi) is 5.62. The summed E-state index contributed by atoms with van der Waals surface area (Å²) in [7, 11) is -3.71. The number of hydrogen-bond acceptors (Lipinski definition) is 4. The molecular weight excluding hydrogens is 416 g/mol. The first-order valence-electron chi connectivity index (χ1n) is 8.03. The SMILES string of the molecule is CCCS(=O)(=O)Nc1ccc(Cl)c(C(O)c2c[nH]c3nccc(Cl)c23)c1F. The molecule has 0 saturated carbocycles. The van der Waals surface area contributed by atoms with Gasteiger partial charge in [-0.05, 0) is 24.6 Å². The van der Waals surface area contributed by atoms with Gasteiger partial charge in [-0.2, -0.15) is 0 Å². The number of nitrogens with one attached hydrogen (secondary N) is 2. The van der Waals surface area contributed by atoms with E-state index in [0.29, 0.717) is 22.5 Å². The Morgan fingerprint density at radius 1 is 1.30 bits per heavy atom. The van der Waals surface area contributed by atoms with Crippen LogP contribution in [0.3, 0.4) is 0 Å². The largest absolute Gasteiger partial charge is 0.383 e. The van der Waals surface area contributed by atoms with E-state index in [9.17, 15) is 13.5 Å². The van der Waals surface area contributed by atoms with Gasteiger partial charge in [0.15, 0.2) is 5.82 Å². The molecule has 27 heavy (non-hydrogen) atoms. The lowest BCUT2D eigenvalue weighted by molar-refractivity contribution is 0.217. The number of H-pyrrole nitrogens is 1. The highest BCUT2D eigenvalue weighted by molar-refractivity contribution is 7.92. The number of fused-ring (bicyclic) bond motifs is 1. The second kappa shape index (κ2) is 7.63. The molecule has 1 atom stereocenters. The fraction of sp³-hybridized carbons (Fsp3) is 0.235. The summed E-state index contributed by atoms with van der Waals surface area (Å²) in [6, 6.07) is 4.08. The van der Waals surface area contributed by atoms with Gasteiger partial charge in [-0.1, -0.05) is 30.1 Å². The molecule has 144 valence electrons. The van der Waals surface area contributed by atoms with Gasteiger partial charge >= 0.3 is 0 Å². The van der Waals surface area contributed by atoms with Gasteiger partial charge in [0.05, 0.1) is 16.5 Å². The first-order valence-corrected chi connectivity index (χ1v) is 10.4. The van der Waals surface area contributed by atoms with Crippen LogP contribution in [0.1, 0.15) is 30.6 Å². The summed E-state index contributed by atoms with van der Waals surface area (Å²) in [5, 5.41) is 11.5. The molecular formula is C17H16Cl2FN3O3S. The van der Waals surface area contributed by atoms with Gasteiger partial charge in [0.25, 0.3) is 0 Å². The summed E-state index contributed by atoms with van der Waals surface area (Å²) >= 11 is 12.3. The van der Waals surface area contributed by atoms with E-state index in [0.717, 1.165) is 0 Å². The van der Waals surface area contributed by atoms with Crippen LogP contribution in [0.2, 0.25) is 10.0 Å². The number of halogens is 3. The van der Waals surface area contributed by atoms with Crippen LogP contribution in [-0.2, 0) is 10.0 Å². The summed E-state index contributed by atoms with van der Waals surface area (Å²) in [5.74, 6) is -1.11. The van der Waals surface area contributed by atoms with Crippen LogP contribution in [0.5, 0.6) is 0 Å². The van der Waals surface area contributed by atoms with Crippen molar-refractivity contribution < 1.29 is 17.9 Å². The molecule has 0 amide bonds. The Bertz CT molecular complexity index is 1100. The second-order valence-electron chi connectivity index (χ2n) is 5.91. The van der Waals surface area contributed by atoms with Gasteiger partial charge in [0.2, 0.25) is 10.0 Å². The van der Waals surface area contributed by atoms with Crippen LogP contribution in [-0.4, -0.2) is 29.2 Å². The molecule has 2 aromatic heterocycles. The van der Waals surface area contributed by atoms with E-state index in [1.54, 1.807) is 13.0 Å². The molecule has 2 heterocycles. The van der Waals surface area contributed by atoms with Crippen molar-refractivity contribution >= 4 is 49.9 Å². The highest BCUT2D eigenvalue weighted by Gasteiger charge is 2.26. The number of anilines is 1. The molecule has 6 nitrogen and oxygen atoms in total. The van der Waals surface area contributed by atoms with Crippen LogP contribution in [0, 0.1) is 5.82 Å². The number of aliphatic hydroxyl groups is 1. The van der Waals surface area contributed by atoms with Crippen molar-refractivity contribution in [1.82, 2.24) is 9.97 Å². The van der Waals surface area contributed by atoms with E-state index in [1.165, 1.54) is 24.5 Å². The molecule has 0 aliphatic rings. The van der Waals surface area contributed by atoms with Crippen LogP contribution < -0.4 is 4.72 Å². The maximum atomic E-state index is 15.0. The molecule has 0 bridgehead atoms. The van der Waals surface area contributed by atoms with Crippen molar-refractivity contribution in [2.24, 2.45) is 0 Å². The predicted octanol–water partition coefficient (Wildman–Crippen LogP) is 4.24. The van der Waals surface area contributed by atoms with E-state index in [4.69, 9.17) is 23.2 Å². The highest BCUT2D eigenvalue weighted by Crippen LogP contribution is 2.38. The molecule has 0 spiro atoms. The van der Waals surface area contributed by atoms with Gasteiger partial charge in [-0.25, -0.2) is 17.8 Å². The van der Waals surface area contributed by atoms with Crippen LogP contribution in [0.25, 0.3) is 11.0 Å². The van der Waals surface area contributed by atoms with Crippen LogP contribution in [0.4, 0.5) is 10.1 Å². The lowest BCUT2D eigenvalue weighted by atomic mass is 10.0. The lowest BCUT2D eigenvalue weighted by Crippen LogP contribution is -2.18. The number of aromatic nitrogens is 2. The van der Waals surface area contributed by atoms with Crippen molar-refractivity contribution in [2.75, 3.05) is 10.5 Å². The Morgan fingerprint density at radius 2 is 2.04 bits per heavy atom. The van der Waals surface area contributed by atoms with Crippen molar-refractivity contribution in [3.63, 3.8) is 0 Å². The zero-order valence-corrected chi connectivity index (χ0v) is 16.5. The first-order chi connectivity index (χ1) is 12.7. The van der Waals surface area contributed by atoms with Gasteiger partial charge in [0, 0.05) is 33.9 Å². The van der Waals surface area contributed by atoms with E-state index >= 15 is 4.39 Å². The number of nitrogens with zero attached hydrogens (tertiary/aromatic N) is 1. The Hall–Kier alpha value is -1.87. The second-order valence-corrected chi connectivity index (χ2v) is 8.56. The minimum atomic E-state index is -3.71. The molecule has 10 heteroatoms. The van der Waals surface area contributed by atoms with Crippen molar-refractivity contribution in [1.29, 1.82) is 0 Å². The number of hydrogen-bond donors (Lipinski definition) is 3. The number of sulfonamides is 1. The molecule has 3 N–H and O–H groups in total. The van der Waals surface area contributed by atoms with E-state index in [1.807, 2.05) is 0 Å². The smallest absolute Gasteiger partial charge is 0.232 e. The third-order valence-corrected chi connectivity index (χ3v) is 6.11. The molecule has 0 radical (unpaired) electrons. The van der Waals surface area contributed by atoms with Gasteiger partial charge in [-0.3, -0.25) is 4.72 Å². The Labute approximate surface area is 165 Å². The van der Waals surface area contributed by atoms with Crippen LogP contribution in [0.15, 0.2) is 30.6 Å². The molecule has 3 rings (SSSR count). The predicted molar refractivity (Wildman–Crippen MR) is 104 cm³/mol. The van der Waals surface area contributed by atoms with Crippen molar-refractivity contribution in [2.45, 2.75) is 19.4 Å². The third kappa shape index (κ3) is 3.89.